The lowest BCUT2D eigenvalue weighted by atomic mass is 9.99. The second-order valence-corrected chi connectivity index (χ2v) is 9.52. The topological polar surface area (TPSA) is 78.9 Å². The summed E-state index contributed by atoms with van der Waals surface area (Å²) in [7, 11) is 0. The quantitative estimate of drug-likeness (QED) is 0.646. The lowest BCUT2D eigenvalue weighted by Crippen LogP contribution is -2.42. The maximum Gasteiger partial charge on any atom is 0.251 e. The summed E-state index contributed by atoms with van der Waals surface area (Å²) in [4.78, 5) is 26.6. The van der Waals surface area contributed by atoms with Gasteiger partial charge >= 0.3 is 0 Å². The number of hydrogen-bond donors (Lipinski definition) is 2. The highest BCUT2D eigenvalue weighted by Crippen LogP contribution is 2.32. The van der Waals surface area contributed by atoms with Crippen LogP contribution in [0.1, 0.15) is 76.1 Å². The predicted octanol–water partition coefficient (Wildman–Crippen LogP) is 3.53. The normalized spacial score (nSPS) is 18.7. The van der Waals surface area contributed by atoms with Crippen LogP contribution >= 0.6 is 0 Å². The van der Waals surface area contributed by atoms with Crippen LogP contribution in [-0.2, 0) is 4.79 Å². The molecule has 0 aromatic heterocycles. The van der Waals surface area contributed by atoms with E-state index in [1.54, 1.807) is 26.0 Å². The van der Waals surface area contributed by atoms with Crippen LogP contribution < -0.4 is 10.1 Å². The van der Waals surface area contributed by atoms with E-state index in [4.69, 9.17) is 4.74 Å². The van der Waals surface area contributed by atoms with Crippen LogP contribution in [0.5, 0.6) is 5.75 Å². The van der Waals surface area contributed by atoms with Crippen LogP contribution in [0.3, 0.4) is 0 Å². The van der Waals surface area contributed by atoms with Crippen LogP contribution in [0.2, 0.25) is 0 Å². The fraction of sp³-hybridized carbons (Fsp3) is 0.667. The number of carbonyl (C=O) groups is 2. The molecule has 1 aromatic rings. The zero-order valence-corrected chi connectivity index (χ0v) is 18.5. The van der Waals surface area contributed by atoms with Gasteiger partial charge in [-0.3, -0.25) is 9.59 Å². The average molecular weight is 417 g/mol. The largest absolute Gasteiger partial charge is 0.490 e. The molecule has 30 heavy (non-hydrogen) atoms. The van der Waals surface area contributed by atoms with Gasteiger partial charge in [-0.2, -0.15) is 0 Å². The van der Waals surface area contributed by atoms with Gasteiger partial charge in [-0.1, -0.05) is 0 Å². The molecule has 1 saturated heterocycles. The van der Waals surface area contributed by atoms with Crippen molar-refractivity contribution in [1.29, 1.82) is 0 Å². The fourth-order valence-corrected chi connectivity index (χ4v) is 3.88. The number of hydrogen-bond acceptors (Lipinski definition) is 4. The Morgan fingerprint density at radius 3 is 2.37 bits per heavy atom. The Bertz CT molecular complexity index is 714. The molecule has 0 radical (unpaired) electrons. The molecular weight excluding hydrogens is 380 g/mol. The molecule has 2 N–H and O–H groups in total. The zero-order valence-electron chi connectivity index (χ0n) is 18.5. The Hall–Kier alpha value is -2.08. The van der Waals surface area contributed by atoms with E-state index in [0.29, 0.717) is 17.9 Å². The van der Waals surface area contributed by atoms with Crippen LogP contribution in [-0.4, -0.2) is 52.7 Å². The summed E-state index contributed by atoms with van der Waals surface area (Å²) < 4.78 is 6.07. The van der Waals surface area contributed by atoms with Gasteiger partial charge in [0.25, 0.3) is 5.91 Å². The summed E-state index contributed by atoms with van der Waals surface area (Å²) in [5, 5.41) is 12.8. The third-order valence-corrected chi connectivity index (χ3v) is 5.90. The number of piperidine rings is 1. The van der Waals surface area contributed by atoms with Crippen molar-refractivity contribution in [2.24, 2.45) is 5.92 Å². The predicted molar refractivity (Wildman–Crippen MR) is 116 cm³/mol. The molecule has 1 atom stereocenters. The van der Waals surface area contributed by atoms with Crippen molar-refractivity contribution in [3.63, 3.8) is 0 Å². The van der Waals surface area contributed by atoms with E-state index in [2.05, 4.69) is 5.32 Å². The molecule has 1 saturated carbocycles. The minimum absolute atomic E-state index is 0.0549. The van der Waals surface area contributed by atoms with E-state index in [1.807, 2.05) is 24.0 Å². The summed E-state index contributed by atoms with van der Waals surface area (Å²) in [5.41, 5.74) is -0.0512. The molecule has 2 fully saturated rings. The first-order valence-electron chi connectivity index (χ1n) is 11.3. The molecule has 3 rings (SSSR count). The molecule has 1 aromatic carbocycles. The van der Waals surface area contributed by atoms with Gasteiger partial charge in [0.05, 0.1) is 5.60 Å². The average Bonchev–Trinajstić information content (AvgIpc) is 3.53. The number of rotatable bonds is 9. The highest BCUT2D eigenvalue weighted by Gasteiger charge is 2.35. The molecule has 2 amide bonds. The van der Waals surface area contributed by atoms with Gasteiger partial charge in [0.15, 0.2) is 0 Å². The van der Waals surface area contributed by atoms with E-state index in [0.717, 1.165) is 57.4 Å². The van der Waals surface area contributed by atoms with Crippen molar-refractivity contribution in [3.05, 3.63) is 29.8 Å². The second kappa shape index (κ2) is 9.82. The summed E-state index contributed by atoms with van der Waals surface area (Å²) in [6.45, 7) is 7.13. The van der Waals surface area contributed by atoms with Gasteiger partial charge in [0, 0.05) is 43.5 Å². The lowest BCUT2D eigenvalue weighted by molar-refractivity contribution is -0.134. The van der Waals surface area contributed by atoms with Crippen LogP contribution in [0.15, 0.2) is 24.3 Å². The number of nitrogens with zero attached hydrogens (tertiary/aromatic N) is 1. The number of ether oxygens (including phenoxy) is 1. The number of carbonyl (C=O) groups excluding carboxylic acids is 2. The van der Waals surface area contributed by atoms with Crippen molar-refractivity contribution >= 4 is 11.8 Å². The molecule has 1 heterocycles. The number of nitrogens with one attached hydrogen (secondary N) is 1. The maximum absolute atomic E-state index is 12.4. The highest BCUT2D eigenvalue weighted by atomic mass is 16.5. The molecule has 1 aliphatic heterocycles. The number of likely N-dealkylation sites (tertiary alicyclic amines) is 1. The number of amides is 2. The number of benzene rings is 1. The van der Waals surface area contributed by atoms with E-state index < -0.39 is 5.60 Å². The van der Waals surface area contributed by atoms with Gasteiger partial charge in [-0.05, 0) is 77.1 Å². The van der Waals surface area contributed by atoms with Crippen molar-refractivity contribution in [2.45, 2.75) is 83.5 Å². The minimum Gasteiger partial charge on any atom is -0.490 e. The third-order valence-electron chi connectivity index (χ3n) is 5.90. The molecule has 166 valence electrons. The third kappa shape index (κ3) is 7.01. The standard InChI is InChI=1S/C24H36N2O4/c1-17(5-4-14-24(2,3)29)25-22(27)18-8-10-20(11-9-18)30-21-12-15-26(16-13-21)23(28)19-6-7-19/h8-11,17,19,21,29H,4-7,12-16H2,1-3H3,(H,25,27)/t17-/m1/s1. The second-order valence-electron chi connectivity index (χ2n) is 9.52. The summed E-state index contributed by atoms with van der Waals surface area (Å²) >= 11 is 0. The monoisotopic (exact) mass is 416 g/mol. The molecule has 6 nitrogen and oxygen atoms in total. The van der Waals surface area contributed by atoms with Gasteiger partial charge in [0.1, 0.15) is 11.9 Å². The Morgan fingerprint density at radius 2 is 1.80 bits per heavy atom. The van der Waals surface area contributed by atoms with Crippen molar-refractivity contribution in [1.82, 2.24) is 10.2 Å². The first-order valence-corrected chi connectivity index (χ1v) is 11.3. The molecule has 2 aliphatic rings. The first kappa shape index (κ1) is 22.6. The zero-order chi connectivity index (χ0) is 21.7. The first-order chi connectivity index (χ1) is 14.2. The van der Waals surface area contributed by atoms with E-state index >= 15 is 0 Å². The van der Waals surface area contributed by atoms with Crippen molar-refractivity contribution in [3.8, 4) is 5.75 Å². The van der Waals surface area contributed by atoms with Gasteiger partial charge in [-0.15, -0.1) is 0 Å². The molecule has 0 bridgehead atoms. The molecule has 6 heteroatoms. The smallest absolute Gasteiger partial charge is 0.251 e. The Labute approximate surface area is 180 Å². The van der Waals surface area contributed by atoms with Gasteiger partial charge in [-0.25, -0.2) is 0 Å². The maximum atomic E-state index is 12.4. The van der Waals surface area contributed by atoms with Crippen molar-refractivity contribution < 1.29 is 19.4 Å². The molecule has 0 spiro atoms. The van der Waals surface area contributed by atoms with Crippen LogP contribution in [0.25, 0.3) is 0 Å². The van der Waals surface area contributed by atoms with Crippen LogP contribution in [0.4, 0.5) is 0 Å². The SMILES string of the molecule is C[C@H](CCCC(C)(C)O)NC(=O)c1ccc(OC2CCN(C(=O)C3CC3)CC2)cc1. The van der Waals surface area contributed by atoms with E-state index in [1.165, 1.54) is 0 Å². The Morgan fingerprint density at radius 1 is 1.17 bits per heavy atom. The van der Waals surface area contributed by atoms with E-state index in [-0.39, 0.29) is 24.0 Å². The summed E-state index contributed by atoms with van der Waals surface area (Å²) in [6.07, 6.45) is 6.33. The van der Waals surface area contributed by atoms with Crippen LogP contribution in [0, 0.1) is 5.92 Å². The number of aliphatic hydroxyl groups is 1. The Kier molecular flexibility index (Phi) is 7.40. The molecule has 1 aliphatic carbocycles. The summed E-state index contributed by atoms with van der Waals surface area (Å²) in [6, 6.07) is 7.32. The van der Waals surface area contributed by atoms with E-state index in [9.17, 15) is 14.7 Å². The molecular formula is C24H36N2O4. The molecule has 0 unspecified atom stereocenters. The van der Waals surface area contributed by atoms with Crippen molar-refractivity contribution in [2.75, 3.05) is 13.1 Å². The van der Waals surface area contributed by atoms with Gasteiger partial charge in [0.2, 0.25) is 5.91 Å². The lowest BCUT2D eigenvalue weighted by Gasteiger charge is -2.32. The Balaban J connectivity index is 1.40. The minimum atomic E-state index is -0.664. The highest BCUT2D eigenvalue weighted by molar-refractivity contribution is 5.94. The summed E-state index contributed by atoms with van der Waals surface area (Å²) in [5.74, 6) is 1.27. The fourth-order valence-electron chi connectivity index (χ4n) is 3.88. The van der Waals surface area contributed by atoms with Gasteiger partial charge < -0.3 is 20.1 Å².